The maximum Gasteiger partial charge on any atom is 0.226 e. The molecule has 0 amide bonds. The normalized spacial score (nSPS) is 12.8. The summed E-state index contributed by atoms with van der Waals surface area (Å²) in [5.74, 6) is 2.37. The molecule has 0 saturated heterocycles. The number of hydrogen-bond donors (Lipinski definition) is 2. The summed E-state index contributed by atoms with van der Waals surface area (Å²) < 4.78 is 10.9. The van der Waals surface area contributed by atoms with E-state index in [-0.39, 0.29) is 0 Å². The Morgan fingerprint density at radius 2 is 1.94 bits per heavy atom. The maximum atomic E-state index is 5.51. The first-order chi connectivity index (χ1) is 16.3. The molecule has 5 rings (SSSR count). The van der Waals surface area contributed by atoms with E-state index in [1.807, 2.05) is 18.2 Å². The first-order valence-corrected chi connectivity index (χ1v) is 11.2. The third kappa shape index (κ3) is 4.34. The first-order valence-electron chi connectivity index (χ1n) is 11.2. The molecule has 1 aliphatic heterocycles. The van der Waals surface area contributed by atoms with E-state index in [9.17, 15) is 0 Å². The van der Waals surface area contributed by atoms with Crippen LogP contribution in [-0.2, 0) is 30.7 Å². The van der Waals surface area contributed by atoms with Crippen LogP contribution in [0.4, 0.5) is 11.8 Å². The van der Waals surface area contributed by atoms with Crippen molar-refractivity contribution in [3.05, 3.63) is 70.9 Å². The van der Waals surface area contributed by atoms with Crippen molar-refractivity contribution in [1.82, 2.24) is 20.2 Å². The smallest absolute Gasteiger partial charge is 0.226 e. The van der Waals surface area contributed by atoms with Crippen molar-refractivity contribution in [2.45, 2.75) is 26.0 Å². The highest BCUT2D eigenvalue weighted by atomic mass is 16.5. The van der Waals surface area contributed by atoms with Gasteiger partial charge in [-0.2, -0.15) is 15.1 Å². The average molecular weight is 445 g/mol. The van der Waals surface area contributed by atoms with E-state index in [2.05, 4.69) is 55.7 Å². The number of H-pyrrole nitrogens is 1. The third-order valence-electron chi connectivity index (χ3n) is 6.03. The molecule has 33 heavy (non-hydrogen) atoms. The number of nitrogens with zero attached hydrogens (tertiary/aromatic N) is 4. The molecule has 2 aromatic heterocycles. The van der Waals surface area contributed by atoms with Gasteiger partial charge in [0.05, 0.1) is 24.8 Å². The molecule has 8 heteroatoms. The van der Waals surface area contributed by atoms with Gasteiger partial charge in [0.2, 0.25) is 5.95 Å². The fraction of sp³-hybridized carbons (Fsp3) is 0.320. The van der Waals surface area contributed by atoms with Gasteiger partial charge in [0.15, 0.2) is 5.65 Å². The number of rotatable bonds is 9. The van der Waals surface area contributed by atoms with Crippen LogP contribution in [0, 0.1) is 0 Å². The van der Waals surface area contributed by atoms with Crippen LogP contribution >= 0.6 is 0 Å². The van der Waals surface area contributed by atoms with Gasteiger partial charge in [-0.1, -0.05) is 42.5 Å². The fourth-order valence-corrected chi connectivity index (χ4v) is 4.42. The molecule has 0 atom stereocenters. The summed E-state index contributed by atoms with van der Waals surface area (Å²) in [7, 11) is 3.38. The van der Waals surface area contributed by atoms with Crippen LogP contribution in [0.1, 0.15) is 22.4 Å². The molecule has 170 valence electrons. The molecule has 0 saturated carbocycles. The predicted molar refractivity (Wildman–Crippen MR) is 129 cm³/mol. The Morgan fingerprint density at radius 3 is 2.76 bits per heavy atom. The van der Waals surface area contributed by atoms with Crippen molar-refractivity contribution >= 4 is 22.8 Å². The molecule has 0 bridgehead atoms. The Morgan fingerprint density at radius 1 is 1.06 bits per heavy atom. The van der Waals surface area contributed by atoms with Gasteiger partial charge in [0, 0.05) is 38.7 Å². The standard InChI is InChI=1S/C25H28N6O2/c1-32-16-19-18(9-6-10-21(19)33-2)11-13-26-25-27-23-22-20(29-30-23)12-14-31(24(22)28-25)15-17-7-4-3-5-8-17/h3-10H,11-16H2,1-2H3,(H2,26,27,28,29,30). The summed E-state index contributed by atoms with van der Waals surface area (Å²) >= 11 is 0. The van der Waals surface area contributed by atoms with Crippen LogP contribution in [0.5, 0.6) is 5.75 Å². The van der Waals surface area contributed by atoms with Crippen LogP contribution in [0.2, 0.25) is 0 Å². The van der Waals surface area contributed by atoms with Crippen molar-refractivity contribution in [3.8, 4) is 5.75 Å². The number of nitrogens with one attached hydrogen (secondary N) is 2. The highest BCUT2D eigenvalue weighted by molar-refractivity contribution is 5.91. The van der Waals surface area contributed by atoms with E-state index in [1.54, 1.807) is 14.2 Å². The molecule has 0 fully saturated rings. The topological polar surface area (TPSA) is 88.2 Å². The Hall–Kier alpha value is -3.65. The quantitative estimate of drug-likeness (QED) is 0.407. The summed E-state index contributed by atoms with van der Waals surface area (Å²) in [5.41, 5.74) is 5.32. The van der Waals surface area contributed by atoms with E-state index in [0.29, 0.717) is 24.7 Å². The number of aromatic nitrogens is 4. The summed E-state index contributed by atoms with van der Waals surface area (Å²) in [4.78, 5) is 11.9. The van der Waals surface area contributed by atoms with E-state index >= 15 is 0 Å². The van der Waals surface area contributed by atoms with Crippen LogP contribution < -0.4 is 15.0 Å². The third-order valence-corrected chi connectivity index (χ3v) is 6.03. The van der Waals surface area contributed by atoms with Crippen molar-refractivity contribution in [2.24, 2.45) is 0 Å². The average Bonchev–Trinajstić information content (AvgIpc) is 3.26. The maximum absolute atomic E-state index is 5.51. The number of aromatic amines is 1. The van der Waals surface area contributed by atoms with Gasteiger partial charge < -0.3 is 19.7 Å². The zero-order chi connectivity index (χ0) is 22.6. The molecule has 1 aliphatic rings. The Labute approximate surface area is 193 Å². The minimum absolute atomic E-state index is 0.510. The van der Waals surface area contributed by atoms with Crippen molar-refractivity contribution < 1.29 is 9.47 Å². The Kier molecular flexibility index (Phi) is 6.08. The minimum Gasteiger partial charge on any atom is -0.496 e. The van der Waals surface area contributed by atoms with Crippen molar-refractivity contribution in [1.29, 1.82) is 0 Å². The second-order valence-corrected chi connectivity index (χ2v) is 8.14. The van der Waals surface area contributed by atoms with Gasteiger partial charge in [-0.05, 0) is 23.6 Å². The summed E-state index contributed by atoms with van der Waals surface area (Å²) in [5, 5.41) is 12.0. The highest BCUT2D eigenvalue weighted by Gasteiger charge is 2.24. The van der Waals surface area contributed by atoms with Gasteiger partial charge in [-0.15, -0.1) is 0 Å². The molecule has 0 radical (unpaired) electrons. The number of benzene rings is 2. The molecule has 0 aliphatic carbocycles. The molecule has 2 N–H and O–H groups in total. The van der Waals surface area contributed by atoms with Gasteiger partial charge >= 0.3 is 0 Å². The van der Waals surface area contributed by atoms with Crippen LogP contribution in [0.25, 0.3) is 11.0 Å². The predicted octanol–water partition coefficient (Wildman–Crippen LogP) is 3.73. The van der Waals surface area contributed by atoms with Crippen molar-refractivity contribution in [2.75, 3.05) is 37.5 Å². The number of ether oxygens (including phenoxy) is 2. The molecule has 8 nitrogen and oxygen atoms in total. The highest BCUT2D eigenvalue weighted by Crippen LogP contribution is 2.32. The molecule has 3 heterocycles. The first kappa shape index (κ1) is 21.2. The van der Waals surface area contributed by atoms with Crippen LogP contribution in [0.15, 0.2) is 48.5 Å². The lowest BCUT2D eigenvalue weighted by molar-refractivity contribution is 0.181. The zero-order valence-electron chi connectivity index (χ0n) is 19.0. The lowest BCUT2D eigenvalue weighted by atomic mass is 10.0. The second-order valence-electron chi connectivity index (χ2n) is 8.14. The summed E-state index contributed by atoms with van der Waals surface area (Å²) in [6.07, 6.45) is 1.71. The van der Waals surface area contributed by atoms with Gasteiger partial charge in [0.1, 0.15) is 11.6 Å². The molecular weight excluding hydrogens is 416 g/mol. The number of anilines is 2. The summed E-state index contributed by atoms with van der Waals surface area (Å²) in [6.45, 7) is 2.89. The molecule has 4 aromatic rings. The number of hydrogen-bond acceptors (Lipinski definition) is 7. The summed E-state index contributed by atoms with van der Waals surface area (Å²) in [6, 6.07) is 16.6. The number of methoxy groups -OCH3 is 2. The second kappa shape index (κ2) is 9.46. The monoisotopic (exact) mass is 444 g/mol. The van der Waals surface area contributed by atoms with Crippen LogP contribution in [-0.4, -0.2) is 47.5 Å². The Balaban J connectivity index is 1.36. The van der Waals surface area contributed by atoms with Gasteiger partial charge in [0.25, 0.3) is 0 Å². The van der Waals surface area contributed by atoms with E-state index < -0.39 is 0 Å². The SMILES string of the molecule is COCc1c(CCNc2nc3c4c([nH]nc4n2)CCN3Cc2ccccc2)cccc1OC. The molecule has 2 aromatic carbocycles. The largest absolute Gasteiger partial charge is 0.496 e. The lowest BCUT2D eigenvalue weighted by Gasteiger charge is -2.28. The van der Waals surface area contributed by atoms with Gasteiger partial charge in [-0.25, -0.2) is 0 Å². The molecule has 0 unspecified atom stereocenters. The zero-order valence-corrected chi connectivity index (χ0v) is 19.0. The minimum atomic E-state index is 0.510. The molecule has 0 spiro atoms. The Bertz CT molecular complexity index is 1240. The van der Waals surface area contributed by atoms with E-state index in [0.717, 1.165) is 54.1 Å². The molecular formula is C25H28N6O2. The van der Waals surface area contributed by atoms with Crippen molar-refractivity contribution in [3.63, 3.8) is 0 Å². The van der Waals surface area contributed by atoms with Crippen LogP contribution in [0.3, 0.4) is 0 Å². The van der Waals surface area contributed by atoms with E-state index in [4.69, 9.17) is 14.5 Å². The van der Waals surface area contributed by atoms with E-state index in [1.165, 1.54) is 11.1 Å². The fourth-order valence-electron chi connectivity index (χ4n) is 4.42. The van der Waals surface area contributed by atoms with Gasteiger partial charge in [-0.3, -0.25) is 5.10 Å². The lowest BCUT2D eigenvalue weighted by Crippen LogP contribution is -2.29.